The fourth-order valence-electron chi connectivity index (χ4n) is 2.04. The predicted molar refractivity (Wildman–Crippen MR) is 65.6 cm³/mol. The van der Waals surface area contributed by atoms with Gasteiger partial charge in [0.15, 0.2) is 9.84 Å². The van der Waals surface area contributed by atoms with E-state index in [2.05, 4.69) is 5.32 Å². The van der Waals surface area contributed by atoms with Crippen molar-refractivity contribution in [2.45, 2.75) is 30.7 Å². The molecule has 1 atom stereocenters. The molecule has 1 aromatic rings. The van der Waals surface area contributed by atoms with E-state index in [4.69, 9.17) is 5.26 Å². The van der Waals surface area contributed by atoms with E-state index in [-0.39, 0.29) is 11.7 Å². The Hall–Kier alpha value is -1.54. The standard InChI is InChI=1S/C12H14N2O2S/c1-8(2)10-4-3-5-11-12(10)14-9(6-13)7-17(11,15)16/h3-5,8-9,14H,7H2,1-2H3. The maximum Gasteiger partial charge on any atom is 0.183 e. The molecule has 0 aromatic heterocycles. The lowest BCUT2D eigenvalue weighted by atomic mass is 10.0. The third kappa shape index (κ3) is 2.01. The molecule has 90 valence electrons. The smallest absolute Gasteiger partial charge is 0.183 e. The number of fused-ring (bicyclic) bond motifs is 1. The molecule has 0 amide bonds. The zero-order chi connectivity index (χ0) is 12.6. The van der Waals surface area contributed by atoms with Crippen LogP contribution in [0.1, 0.15) is 25.3 Å². The van der Waals surface area contributed by atoms with Crippen LogP contribution in [0, 0.1) is 11.3 Å². The number of nitrogens with one attached hydrogen (secondary N) is 1. The Morgan fingerprint density at radius 2 is 2.18 bits per heavy atom. The number of rotatable bonds is 1. The SMILES string of the molecule is CC(C)c1cccc2c1NC(C#N)CS2(=O)=O. The first-order valence-electron chi connectivity index (χ1n) is 5.47. The lowest BCUT2D eigenvalue weighted by molar-refractivity contribution is 0.591. The molecular weight excluding hydrogens is 236 g/mol. The molecule has 0 radical (unpaired) electrons. The van der Waals surface area contributed by atoms with Crippen LogP contribution in [0.5, 0.6) is 0 Å². The first-order valence-corrected chi connectivity index (χ1v) is 7.12. The summed E-state index contributed by atoms with van der Waals surface area (Å²) in [5.74, 6) is 0.0583. The highest BCUT2D eigenvalue weighted by Gasteiger charge is 2.31. The summed E-state index contributed by atoms with van der Waals surface area (Å²) in [5, 5.41) is 11.9. The molecule has 0 saturated carbocycles. The van der Waals surface area contributed by atoms with Crippen LogP contribution in [0.25, 0.3) is 0 Å². The number of anilines is 1. The average Bonchev–Trinajstić information content (AvgIpc) is 2.27. The molecule has 0 bridgehead atoms. The summed E-state index contributed by atoms with van der Waals surface area (Å²) in [6.45, 7) is 4.00. The Morgan fingerprint density at radius 1 is 1.47 bits per heavy atom. The zero-order valence-corrected chi connectivity index (χ0v) is 10.6. The van der Waals surface area contributed by atoms with E-state index in [0.29, 0.717) is 10.6 Å². The highest BCUT2D eigenvalue weighted by Crippen LogP contribution is 2.35. The summed E-state index contributed by atoms with van der Waals surface area (Å²) in [6.07, 6.45) is 0. The topological polar surface area (TPSA) is 70.0 Å². The Labute approximate surface area is 101 Å². The minimum absolute atomic E-state index is 0.155. The van der Waals surface area contributed by atoms with Gasteiger partial charge in [-0.3, -0.25) is 0 Å². The normalized spacial score (nSPS) is 21.4. The number of hydrogen-bond acceptors (Lipinski definition) is 4. The van der Waals surface area contributed by atoms with Crippen LogP contribution in [0.2, 0.25) is 0 Å². The molecule has 1 aliphatic heterocycles. The Kier molecular flexibility index (Phi) is 2.84. The lowest BCUT2D eigenvalue weighted by Crippen LogP contribution is -2.33. The van der Waals surface area contributed by atoms with E-state index in [1.54, 1.807) is 12.1 Å². The van der Waals surface area contributed by atoms with Gasteiger partial charge < -0.3 is 5.32 Å². The summed E-state index contributed by atoms with van der Waals surface area (Å²) < 4.78 is 24.1. The largest absolute Gasteiger partial charge is 0.368 e. The van der Waals surface area contributed by atoms with Crippen molar-refractivity contribution in [1.82, 2.24) is 0 Å². The fraction of sp³-hybridized carbons (Fsp3) is 0.417. The second kappa shape index (κ2) is 4.04. The van der Waals surface area contributed by atoms with Crippen LogP contribution in [0.3, 0.4) is 0 Å². The summed E-state index contributed by atoms with van der Waals surface area (Å²) in [6, 6.07) is 6.56. The number of hydrogen-bond donors (Lipinski definition) is 1. The van der Waals surface area contributed by atoms with Crippen molar-refractivity contribution in [2.24, 2.45) is 0 Å². The van der Waals surface area contributed by atoms with E-state index in [0.717, 1.165) is 5.56 Å². The van der Waals surface area contributed by atoms with Crippen LogP contribution in [0.15, 0.2) is 23.1 Å². The molecule has 5 heteroatoms. The molecule has 1 N–H and O–H groups in total. The number of sulfone groups is 1. The van der Waals surface area contributed by atoms with Crippen molar-refractivity contribution >= 4 is 15.5 Å². The van der Waals surface area contributed by atoms with Gasteiger partial charge in [-0.05, 0) is 17.5 Å². The van der Waals surface area contributed by atoms with Crippen molar-refractivity contribution in [2.75, 3.05) is 11.1 Å². The fourth-order valence-corrected chi connectivity index (χ4v) is 3.59. The minimum Gasteiger partial charge on any atom is -0.368 e. The number of para-hydroxylation sites is 1. The minimum atomic E-state index is -3.34. The van der Waals surface area contributed by atoms with Gasteiger partial charge in [0, 0.05) is 0 Å². The second-order valence-electron chi connectivity index (χ2n) is 4.48. The predicted octanol–water partition coefficient (Wildman–Crippen LogP) is 1.90. The molecule has 2 rings (SSSR count). The molecule has 1 unspecified atom stereocenters. The van der Waals surface area contributed by atoms with Crippen LogP contribution < -0.4 is 5.32 Å². The maximum atomic E-state index is 12.0. The van der Waals surface area contributed by atoms with Gasteiger partial charge in [-0.1, -0.05) is 26.0 Å². The number of benzene rings is 1. The Bertz CT molecular complexity index is 585. The van der Waals surface area contributed by atoms with E-state index in [1.165, 1.54) is 0 Å². The van der Waals surface area contributed by atoms with Gasteiger partial charge in [0.1, 0.15) is 6.04 Å². The molecule has 0 spiro atoms. The molecule has 1 aliphatic rings. The zero-order valence-electron chi connectivity index (χ0n) is 9.77. The molecule has 0 saturated heterocycles. The third-order valence-electron chi connectivity index (χ3n) is 2.88. The van der Waals surface area contributed by atoms with Crippen LogP contribution >= 0.6 is 0 Å². The number of nitriles is 1. The van der Waals surface area contributed by atoms with Crippen molar-refractivity contribution in [3.63, 3.8) is 0 Å². The van der Waals surface area contributed by atoms with Gasteiger partial charge in [0.25, 0.3) is 0 Å². The third-order valence-corrected chi connectivity index (χ3v) is 4.66. The average molecular weight is 250 g/mol. The van der Waals surface area contributed by atoms with Gasteiger partial charge in [-0.25, -0.2) is 8.42 Å². The van der Waals surface area contributed by atoms with Crippen molar-refractivity contribution < 1.29 is 8.42 Å². The van der Waals surface area contributed by atoms with Crippen LogP contribution in [-0.2, 0) is 9.84 Å². The van der Waals surface area contributed by atoms with Gasteiger partial charge in [-0.2, -0.15) is 5.26 Å². The van der Waals surface area contributed by atoms with E-state index in [1.807, 2.05) is 26.0 Å². The molecule has 1 aromatic carbocycles. The molecule has 1 heterocycles. The highest BCUT2D eigenvalue weighted by atomic mass is 32.2. The molecule has 17 heavy (non-hydrogen) atoms. The first kappa shape index (κ1) is 11.9. The molecule has 0 aliphatic carbocycles. The number of nitrogens with zero attached hydrogens (tertiary/aromatic N) is 1. The van der Waals surface area contributed by atoms with Crippen molar-refractivity contribution in [3.05, 3.63) is 23.8 Å². The summed E-state index contributed by atoms with van der Waals surface area (Å²) >= 11 is 0. The van der Waals surface area contributed by atoms with E-state index < -0.39 is 15.9 Å². The van der Waals surface area contributed by atoms with Crippen LogP contribution in [0.4, 0.5) is 5.69 Å². The second-order valence-corrected chi connectivity index (χ2v) is 6.49. The molecule has 0 fully saturated rings. The molecular formula is C12H14N2O2S. The van der Waals surface area contributed by atoms with Gasteiger partial charge in [0.2, 0.25) is 0 Å². The Balaban J connectivity index is 2.66. The van der Waals surface area contributed by atoms with E-state index >= 15 is 0 Å². The summed E-state index contributed by atoms with van der Waals surface area (Å²) in [4.78, 5) is 0.315. The van der Waals surface area contributed by atoms with Crippen molar-refractivity contribution in [1.29, 1.82) is 5.26 Å². The van der Waals surface area contributed by atoms with Crippen LogP contribution in [-0.4, -0.2) is 20.2 Å². The van der Waals surface area contributed by atoms with Gasteiger partial charge >= 0.3 is 0 Å². The first-order chi connectivity index (χ1) is 7.95. The van der Waals surface area contributed by atoms with Gasteiger partial charge in [0.05, 0.1) is 22.4 Å². The van der Waals surface area contributed by atoms with Gasteiger partial charge in [-0.15, -0.1) is 0 Å². The highest BCUT2D eigenvalue weighted by molar-refractivity contribution is 7.91. The lowest BCUT2D eigenvalue weighted by Gasteiger charge is -2.26. The summed E-state index contributed by atoms with van der Waals surface area (Å²) in [5.41, 5.74) is 1.53. The van der Waals surface area contributed by atoms with E-state index in [9.17, 15) is 8.42 Å². The van der Waals surface area contributed by atoms with Crippen molar-refractivity contribution in [3.8, 4) is 6.07 Å². The monoisotopic (exact) mass is 250 g/mol. The Morgan fingerprint density at radius 3 is 2.76 bits per heavy atom. The maximum absolute atomic E-state index is 12.0. The molecule has 4 nitrogen and oxygen atoms in total. The summed E-state index contributed by atoms with van der Waals surface area (Å²) in [7, 11) is -3.34. The quantitative estimate of drug-likeness (QED) is 0.826.